The molecule has 6 heteroatoms. The number of H-pyrrole nitrogens is 1. The molecule has 0 fully saturated rings. The minimum atomic E-state index is -0.626. The number of rotatable bonds is 3. The minimum absolute atomic E-state index is 0.116. The Labute approximate surface area is 102 Å². The predicted octanol–water partition coefficient (Wildman–Crippen LogP) is 1.07. The molecular formula is C12H11N3O3. The summed E-state index contributed by atoms with van der Waals surface area (Å²) in [6.07, 6.45) is 1.40. The van der Waals surface area contributed by atoms with E-state index < -0.39 is 5.91 Å². The van der Waals surface area contributed by atoms with Gasteiger partial charge in [0.2, 0.25) is 0 Å². The standard InChI is InChI=1S/C12H11N3O3/c13-11(17)10-5-7(6-14-10)12(18)15-8-1-3-9(16)4-2-8/h1-6,14,16H,(H2,13,17)(H,15,18). The van der Waals surface area contributed by atoms with E-state index in [0.717, 1.165) is 0 Å². The van der Waals surface area contributed by atoms with E-state index in [9.17, 15) is 9.59 Å². The highest BCUT2D eigenvalue weighted by Gasteiger charge is 2.11. The fourth-order valence-corrected chi connectivity index (χ4v) is 1.42. The number of hydrogen-bond acceptors (Lipinski definition) is 3. The average molecular weight is 245 g/mol. The molecule has 5 N–H and O–H groups in total. The van der Waals surface area contributed by atoms with Crippen molar-refractivity contribution >= 4 is 17.5 Å². The molecule has 6 nitrogen and oxygen atoms in total. The molecule has 2 aromatic rings. The molecule has 0 saturated carbocycles. The highest BCUT2D eigenvalue weighted by atomic mass is 16.3. The molecule has 0 aliphatic carbocycles. The zero-order chi connectivity index (χ0) is 13.1. The molecule has 0 saturated heterocycles. The Morgan fingerprint density at radius 2 is 1.89 bits per heavy atom. The van der Waals surface area contributed by atoms with Crippen molar-refractivity contribution in [1.82, 2.24) is 4.98 Å². The molecule has 0 unspecified atom stereocenters. The van der Waals surface area contributed by atoms with Gasteiger partial charge in [-0.1, -0.05) is 0 Å². The normalized spacial score (nSPS) is 10.0. The van der Waals surface area contributed by atoms with Gasteiger partial charge in [0.1, 0.15) is 11.4 Å². The molecule has 0 radical (unpaired) electrons. The fourth-order valence-electron chi connectivity index (χ4n) is 1.42. The van der Waals surface area contributed by atoms with Gasteiger partial charge in [0.25, 0.3) is 11.8 Å². The molecule has 0 bridgehead atoms. The zero-order valence-corrected chi connectivity index (χ0v) is 9.31. The summed E-state index contributed by atoms with van der Waals surface area (Å²) in [6.45, 7) is 0. The lowest BCUT2D eigenvalue weighted by molar-refractivity contribution is 0.0995. The van der Waals surface area contributed by atoms with Crippen molar-refractivity contribution in [2.24, 2.45) is 5.73 Å². The SMILES string of the molecule is NC(=O)c1cc(C(=O)Nc2ccc(O)cc2)c[nH]1. The third kappa shape index (κ3) is 2.49. The van der Waals surface area contributed by atoms with Gasteiger partial charge in [0, 0.05) is 11.9 Å². The summed E-state index contributed by atoms with van der Waals surface area (Å²) >= 11 is 0. The smallest absolute Gasteiger partial charge is 0.265 e. The topological polar surface area (TPSA) is 108 Å². The summed E-state index contributed by atoms with van der Waals surface area (Å²) in [7, 11) is 0. The molecule has 18 heavy (non-hydrogen) atoms. The van der Waals surface area contributed by atoms with Gasteiger partial charge in [-0.25, -0.2) is 0 Å². The number of benzene rings is 1. The van der Waals surface area contributed by atoms with Gasteiger partial charge in [-0.3, -0.25) is 9.59 Å². The maximum atomic E-state index is 11.8. The molecule has 1 heterocycles. The van der Waals surface area contributed by atoms with Gasteiger partial charge >= 0.3 is 0 Å². The lowest BCUT2D eigenvalue weighted by Gasteiger charge is -2.03. The molecule has 1 aromatic carbocycles. The molecule has 2 amide bonds. The van der Waals surface area contributed by atoms with E-state index in [1.807, 2.05) is 0 Å². The number of phenols is 1. The average Bonchev–Trinajstić information content (AvgIpc) is 2.81. The predicted molar refractivity (Wildman–Crippen MR) is 65.4 cm³/mol. The second-order valence-corrected chi connectivity index (χ2v) is 3.67. The second-order valence-electron chi connectivity index (χ2n) is 3.67. The van der Waals surface area contributed by atoms with Gasteiger partial charge in [0.05, 0.1) is 5.56 Å². The number of nitrogens with two attached hydrogens (primary N) is 1. The number of anilines is 1. The Morgan fingerprint density at radius 3 is 2.44 bits per heavy atom. The van der Waals surface area contributed by atoms with Crippen LogP contribution in [0.4, 0.5) is 5.69 Å². The van der Waals surface area contributed by atoms with E-state index >= 15 is 0 Å². The zero-order valence-electron chi connectivity index (χ0n) is 9.31. The van der Waals surface area contributed by atoms with Gasteiger partial charge < -0.3 is 21.1 Å². The number of aromatic nitrogens is 1. The first kappa shape index (κ1) is 11.7. The summed E-state index contributed by atoms with van der Waals surface area (Å²) in [5.41, 5.74) is 6.08. The summed E-state index contributed by atoms with van der Waals surface area (Å²) in [5.74, 6) is -0.881. The van der Waals surface area contributed by atoms with Gasteiger partial charge in [0.15, 0.2) is 0 Å². The van der Waals surface area contributed by atoms with Gasteiger partial charge in [-0.15, -0.1) is 0 Å². The maximum Gasteiger partial charge on any atom is 0.265 e. The Morgan fingerprint density at radius 1 is 1.22 bits per heavy atom. The monoisotopic (exact) mass is 245 g/mol. The van der Waals surface area contributed by atoms with Crippen LogP contribution in [-0.4, -0.2) is 21.9 Å². The summed E-state index contributed by atoms with van der Waals surface area (Å²) in [6, 6.07) is 7.42. The number of aromatic hydroxyl groups is 1. The van der Waals surface area contributed by atoms with E-state index in [0.29, 0.717) is 11.3 Å². The van der Waals surface area contributed by atoms with E-state index in [1.54, 1.807) is 12.1 Å². The van der Waals surface area contributed by atoms with Crippen molar-refractivity contribution in [2.75, 3.05) is 5.32 Å². The molecule has 0 aliphatic rings. The lowest BCUT2D eigenvalue weighted by atomic mass is 10.2. The molecule has 92 valence electrons. The van der Waals surface area contributed by atoms with E-state index in [4.69, 9.17) is 10.8 Å². The van der Waals surface area contributed by atoms with Crippen molar-refractivity contribution < 1.29 is 14.7 Å². The maximum absolute atomic E-state index is 11.8. The van der Waals surface area contributed by atoms with Crippen molar-refractivity contribution in [1.29, 1.82) is 0 Å². The van der Waals surface area contributed by atoms with E-state index in [-0.39, 0.29) is 17.4 Å². The van der Waals surface area contributed by atoms with Gasteiger partial charge in [-0.05, 0) is 30.3 Å². The largest absolute Gasteiger partial charge is 0.508 e. The number of primary amides is 1. The van der Waals surface area contributed by atoms with Crippen LogP contribution < -0.4 is 11.1 Å². The van der Waals surface area contributed by atoms with Crippen LogP contribution in [0.2, 0.25) is 0 Å². The first-order valence-electron chi connectivity index (χ1n) is 5.15. The summed E-state index contributed by atoms with van der Waals surface area (Å²) in [5, 5.41) is 11.7. The molecule has 0 atom stereocenters. The Bertz CT molecular complexity index is 587. The lowest BCUT2D eigenvalue weighted by Crippen LogP contribution is -2.12. The van der Waals surface area contributed by atoms with Crippen LogP contribution in [0.1, 0.15) is 20.8 Å². The number of amides is 2. The van der Waals surface area contributed by atoms with Crippen molar-refractivity contribution in [3.05, 3.63) is 47.8 Å². The molecule has 0 aliphatic heterocycles. The van der Waals surface area contributed by atoms with Crippen LogP contribution in [0.15, 0.2) is 36.5 Å². The van der Waals surface area contributed by atoms with E-state index in [1.165, 1.54) is 24.4 Å². The number of carbonyl (C=O) groups is 2. The van der Waals surface area contributed by atoms with Crippen molar-refractivity contribution in [3.8, 4) is 5.75 Å². The third-order valence-corrected chi connectivity index (χ3v) is 2.34. The Balaban J connectivity index is 2.11. The van der Waals surface area contributed by atoms with Gasteiger partial charge in [-0.2, -0.15) is 0 Å². The molecule has 0 spiro atoms. The quantitative estimate of drug-likeness (QED) is 0.607. The van der Waals surface area contributed by atoms with Crippen LogP contribution in [0.25, 0.3) is 0 Å². The molecular weight excluding hydrogens is 234 g/mol. The number of carbonyl (C=O) groups excluding carboxylic acids is 2. The van der Waals surface area contributed by atoms with Crippen LogP contribution in [-0.2, 0) is 0 Å². The first-order valence-corrected chi connectivity index (χ1v) is 5.15. The number of hydrogen-bond donors (Lipinski definition) is 4. The number of phenolic OH excluding ortho intramolecular Hbond substituents is 1. The number of aromatic amines is 1. The third-order valence-electron chi connectivity index (χ3n) is 2.34. The van der Waals surface area contributed by atoms with Crippen molar-refractivity contribution in [2.45, 2.75) is 0 Å². The fraction of sp³-hybridized carbons (Fsp3) is 0. The minimum Gasteiger partial charge on any atom is -0.508 e. The highest BCUT2D eigenvalue weighted by molar-refractivity contribution is 6.05. The van der Waals surface area contributed by atoms with Crippen molar-refractivity contribution in [3.63, 3.8) is 0 Å². The van der Waals surface area contributed by atoms with Crippen LogP contribution in [0.3, 0.4) is 0 Å². The second kappa shape index (κ2) is 4.62. The number of nitrogens with one attached hydrogen (secondary N) is 2. The summed E-state index contributed by atoms with van der Waals surface area (Å²) in [4.78, 5) is 25.3. The first-order chi connectivity index (χ1) is 8.56. The highest BCUT2D eigenvalue weighted by Crippen LogP contribution is 2.15. The van der Waals surface area contributed by atoms with Crippen LogP contribution in [0, 0.1) is 0 Å². The summed E-state index contributed by atoms with van der Waals surface area (Å²) < 4.78 is 0. The van der Waals surface area contributed by atoms with E-state index in [2.05, 4.69) is 10.3 Å². The molecule has 1 aromatic heterocycles. The van der Waals surface area contributed by atoms with Crippen LogP contribution in [0.5, 0.6) is 5.75 Å². The van der Waals surface area contributed by atoms with Crippen LogP contribution >= 0.6 is 0 Å². The Kier molecular flexibility index (Phi) is 3.01. The molecule has 2 rings (SSSR count). The Hall–Kier alpha value is -2.76.